The molecule has 0 N–H and O–H groups in total. The van der Waals surface area contributed by atoms with Crippen LogP contribution in [0.5, 0.6) is 5.75 Å². The molecule has 2 nitrogen and oxygen atoms in total. The van der Waals surface area contributed by atoms with Crippen molar-refractivity contribution in [3.05, 3.63) is 70.7 Å². The Labute approximate surface area is 114 Å². The van der Waals surface area contributed by atoms with Crippen molar-refractivity contribution in [1.82, 2.24) is 0 Å². The molecule has 0 aliphatic heterocycles. The Morgan fingerprint density at radius 3 is 2.33 bits per heavy atom. The molecule has 0 fully saturated rings. The number of carbonyl (C=O) groups is 1. The fraction of sp³-hybridized carbons (Fsp3) is 0. The van der Waals surface area contributed by atoms with E-state index in [0.29, 0.717) is 5.75 Å². The smallest absolute Gasteiger partial charge is 0.336 e. The number of ether oxygens (including phenoxy) is 1. The summed E-state index contributed by atoms with van der Waals surface area (Å²) in [5.41, 5.74) is 0.963. The maximum atomic E-state index is 11.5. The van der Waals surface area contributed by atoms with Crippen molar-refractivity contribution < 1.29 is 9.53 Å². The molecular weight excluding hydrogens is 292 g/mol. The molecular formula is C15H11BrO2. The van der Waals surface area contributed by atoms with Crippen LogP contribution in [-0.2, 0) is 4.79 Å². The lowest BCUT2D eigenvalue weighted by Crippen LogP contribution is -2.03. The minimum absolute atomic E-state index is 0.388. The Morgan fingerprint density at radius 2 is 1.67 bits per heavy atom. The van der Waals surface area contributed by atoms with Crippen LogP contribution in [0.3, 0.4) is 0 Å². The molecule has 2 aromatic carbocycles. The third-order valence-corrected chi connectivity index (χ3v) is 2.77. The third kappa shape index (κ3) is 3.86. The second-order valence-electron chi connectivity index (χ2n) is 3.62. The van der Waals surface area contributed by atoms with Crippen LogP contribution in [0.2, 0.25) is 0 Å². The first-order valence-electron chi connectivity index (χ1n) is 5.44. The number of benzene rings is 2. The maximum Gasteiger partial charge on any atom is 0.336 e. The molecule has 90 valence electrons. The maximum absolute atomic E-state index is 11.5. The van der Waals surface area contributed by atoms with Gasteiger partial charge in [-0.05, 0) is 35.9 Å². The van der Waals surface area contributed by atoms with Gasteiger partial charge in [0.25, 0.3) is 0 Å². The molecule has 0 bridgehead atoms. The van der Waals surface area contributed by atoms with E-state index in [2.05, 4.69) is 15.9 Å². The van der Waals surface area contributed by atoms with Crippen LogP contribution in [0.1, 0.15) is 5.56 Å². The highest BCUT2D eigenvalue weighted by molar-refractivity contribution is 9.10. The van der Waals surface area contributed by atoms with Gasteiger partial charge in [0.2, 0.25) is 0 Å². The highest BCUT2D eigenvalue weighted by Crippen LogP contribution is 2.16. The summed E-state index contributed by atoms with van der Waals surface area (Å²) in [7, 11) is 0. The van der Waals surface area contributed by atoms with Crippen LogP contribution in [0.25, 0.3) is 6.08 Å². The normalized spacial score (nSPS) is 10.5. The zero-order chi connectivity index (χ0) is 12.8. The van der Waals surface area contributed by atoms with Crippen LogP contribution in [0, 0.1) is 0 Å². The molecule has 0 atom stereocenters. The van der Waals surface area contributed by atoms with Gasteiger partial charge in [-0.2, -0.15) is 0 Å². The topological polar surface area (TPSA) is 26.3 Å². The summed E-state index contributed by atoms with van der Waals surface area (Å²) in [5.74, 6) is 0.141. The van der Waals surface area contributed by atoms with Crippen molar-refractivity contribution in [2.45, 2.75) is 0 Å². The van der Waals surface area contributed by atoms with Gasteiger partial charge in [0.05, 0.1) is 0 Å². The lowest BCUT2D eigenvalue weighted by Gasteiger charge is -2.00. The molecule has 0 heterocycles. The summed E-state index contributed by atoms with van der Waals surface area (Å²) in [4.78, 5) is 11.5. The molecule has 0 aliphatic rings. The molecule has 0 spiro atoms. The molecule has 0 saturated carbocycles. The quantitative estimate of drug-likeness (QED) is 0.485. The van der Waals surface area contributed by atoms with Gasteiger partial charge in [0.15, 0.2) is 0 Å². The van der Waals surface area contributed by atoms with Gasteiger partial charge in [-0.1, -0.05) is 46.3 Å². The Bertz CT molecular complexity index is 544. The Hall–Kier alpha value is -1.87. The van der Waals surface area contributed by atoms with E-state index in [9.17, 15) is 4.79 Å². The summed E-state index contributed by atoms with van der Waals surface area (Å²) >= 11 is 3.32. The van der Waals surface area contributed by atoms with Crippen LogP contribution >= 0.6 is 15.9 Å². The van der Waals surface area contributed by atoms with Crippen LogP contribution in [0.4, 0.5) is 0 Å². The number of hydrogen-bond donors (Lipinski definition) is 0. The van der Waals surface area contributed by atoms with Gasteiger partial charge in [-0.15, -0.1) is 0 Å². The summed E-state index contributed by atoms with van der Waals surface area (Å²) in [5, 5.41) is 0. The molecule has 2 rings (SSSR count). The lowest BCUT2D eigenvalue weighted by molar-refractivity contribution is -0.128. The Morgan fingerprint density at radius 1 is 1.00 bits per heavy atom. The first-order chi connectivity index (χ1) is 8.74. The van der Waals surface area contributed by atoms with Crippen molar-refractivity contribution in [3.8, 4) is 5.75 Å². The van der Waals surface area contributed by atoms with Crippen molar-refractivity contribution in [2.75, 3.05) is 0 Å². The summed E-state index contributed by atoms with van der Waals surface area (Å²) < 4.78 is 6.09. The standard InChI is InChI=1S/C15H11BrO2/c16-13-7-9-14(10-8-13)18-15(17)11-6-12-4-2-1-3-5-12/h1-11H. The predicted octanol–water partition coefficient (Wildman–Crippen LogP) is 4.07. The summed E-state index contributed by atoms with van der Waals surface area (Å²) in [6, 6.07) is 16.7. The first-order valence-corrected chi connectivity index (χ1v) is 6.24. The van der Waals surface area contributed by atoms with Gasteiger partial charge in [-0.25, -0.2) is 4.79 Å². The monoisotopic (exact) mass is 302 g/mol. The summed E-state index contributed by atoms with van der Waals surface area (Å²) in [6.45, 7) is 0. The molecule has 2 aromatic rings. The Balaban J connectivity index is 1.97. The zero-order valence-corrected chi connectivity index (χ0v) is 11.1. The second kappa shape index (κ2) is 6.17. The van der Waals surface area contributed by atoms with Gasteiger partial charge in [-0.3, -0.25) is 0 Å². The largest absolute Gasteiger partial charge is 0.423 e. The average Bonchev–Trinajstić information content (AvgIpc) is 2.40. The van der Waals surface area contributed by atoms with E-state index in [1.54, 1.807) is 18.2 Å². The van der Waals surface area contributed by atoms with Gasteiger partial charge in [0.1, 0.15) is 5.75 Å². The van der Waals surface area contributed by atoms with E-state index in [0.717, 1.165) is 10.0 Å². The van der Waals surface area contributed by atoms with E-state index in [-0.39, 0.29) is 5.97 Å². The van der Waals surface area contributed by atoms with E-state index < -0.39 is 0 Å². The molecule has 0 unspecified atom stereocenters. The molecule has 0 amide bonds. The molecule has 0 saturated heterocycles. The van der Waals surface area contributed by atoms with Gasteiger partial charge >= 0.3 is 5.97 Å². The van der Waals surface area contributed by atoms with Crippen molar-refractivity contribution in [1.29, 1.82) is 0 Å². The number of esters is 1. The predicted molar refractivity (Wildman–Crippen MR) is 75.3 cm³/mol. The van der Waals surface area contributed by atoms with Gasteiger partial charge in [0, 0.05) is 10.5 Å². The van der Waals surface area contributed by atoms with Crippen LogP contribution in [0.15, 0.2) is 65.1 Å². The molecule has 0 radical (unpaired) electrons. The fourth-order valence-electron chi connectivity index (χ4n) is 1.38. The van der Waals surface area contributed by atoms with E-state index in [4.69, 9.17) is 4.74 Å². The molecule has 3 heteroatoms. The number of carbonyl (C=O) groups excluding carboxylic acids is 1. The molecule has 0 aromatic heterocycles. The lowest BCUT2D eigenvalue weighted by atomic mass is 10.2. The third-order valence-electron chi connectivity index (χ3n) is 2.24. The van der Waals surface area contributed by atoms with Crippen LogP contribution in [-0.4, -0.2) is 5.97 Å². The van der Waals surface area contributed by atoms with Crippen molar-refractivity contribution >= 4 is 28.0 Å². The summed E-state index contributed by atoms with van der Waals surface area (Å²) in [6.07, 6.45) is 3.14. The average molecular weight is 303 g/mol. The van der Waals surface area contributed by atoms with Gasteiger partial charge < -0.3 is 4.74 Å². The van der Waals surface area contributed by atoms with E-state index in [1.165, 1.54) is 6.08 Å². The highest BCUT2D eigenvalue weighted by atomic mass is 79.9. The number of halogens is 1. The SMILES string of the molecule is O=C(C=Cc1ccccc1)Oc1ccc(Br)cc1. The highest BCUT2D eigenvalue weighted by Gasteiger charge is 1.99. The minimum Gasteiger partial charge on any atom is -0.423 e. The van der Waals surface area contributed by atoms with Crippen LogP contribution < -0.4 is 4.74 Å². The van der Waals surface area contributed by atoms with Crippen molar-refractivity contribution in [2.24, 2.45) is 0 Å². The van der Waals surface area contributed by atoms with E-state index in [1.807, 2.05) is 42.5 Å². The van der Waals surface area contributed by atoms with Crippen molar-refractivity contribution in [3.63, 3.8) is 0 Å². The molecule has 18 heavy (non-hydrogen) atoms. The fourth-order valence-corrected chi connectivity index (χ4v) is 1.65. The number of rotatable bonds is 3. The second-order valence-corrected chi connectivity index (χ2v) is 4.53. The van der Waals surface area contributed by atoms with E-state index >= 15 is 0 Å². The first kappa shape index (κ1) is 12.6. The zero-order valence-electron chi connectivity index (χ0n) is 9.55. The molecule has 0 aliphatic carbocycles. The Kier molecular flexibility index (Phi) is 4.31. The number of hydrogen-bond acceptors (Lipinski definition) is 2. The minimum atomic E-state index is -0.388.